The van der Waals surface area contributed by atoms with Gasteiger partial charge in [0, 0.05) is 6.89 Å². The molecule has 0 aromatic heterocycles. The van der Waals surface area contributed by atoms with E-state index in [0.29, 0.717) is 18.7 Å². The summed E-state index contributed by atoms with van der Waals surface area (Å²) < 4.78 is 11.5. The number of hydrogen-bond donors (Lipinski definition) is 0. The maximum atomic E-state index is 13.1. The molecule has 0 saturated heterocycles. The first kappa shape index (κ1) is 20.1. The number of benzene rings is 3. The lowest BCUT2D eigenvalue weighted by Gasteiger charge is -2.31. The van der Waals surface area contributed by atoms with E-state index in [2.05, 4.69) is 36.4 Å². The van der Waals surface area contributed by atoms with Gasteiger partial charge in [-0.1, -0.05) is 91.0 Å². The molecule has 0 radical (unpaired) electrons. The lowest BCUT2D eigenvalue weighted by Crippen LogP contribution is -2.35. The zero-order chi connectivity index (χ0) is 19.8. The highest BCUT2D eigenvalue weighted by Crippen LogP contribution is 2.46. The Morgan fingerprint density at radius 1 is 0.643 bits per heavy atom. The van der Waals surface area contributed by atoms with Crippen molar-refractivity contribution in [3.05, 3.63) is 91.0 Å². The van der Waals surface area contributed by atoms with Crippen LogP contribution in [0.4, 0.5) is 0 Å². The molecular formula is C24H25O3P. The second-order valence-corrected chi connectivity index (χ2v) is 9.43. The Bertz CT molecular complexity index is 847. The van der Waals surface area contributed by atoms with Gasteiger partial charge in [0.2, 0.25) is 0 Å². The minimum Gasteiger partial charge on any atom is -0.461 e. The zero-order valence-electron chi connectivity index (χ0n) is 16.2. The highest BCUT2D eigenvalue weighted by molar-refractivity contribution is 7.96. The molecule has 0 fully saturated rings. The Morgan fingerprint density at radius 2 is 1.00 bits per heavy atom. The van der Waals surface area contributed by atoms with Crippen LogP contribution in [0.3, 0.4) is 0 Å². The summed E-state index contributed by atoms with van der Waals surface area (Å²) in [4.78, 5) is 13.1. The third-order valence-electron chi connectivity index (χ3n) is 4.47. The predicted molar refractivity (Wildman–Crippen MR) is 118 cm³/mol. The van der Waals surface area contributed by atoms with E-state index in [1.165, 1.54) is 0 Å². The number of carbonyl (C=O) groups is 1. The van der Waals surface area contributed by atoms with Gasteiger partial charge >= 0.3 is 5.97 Å². The van der Waals surface area contributed by atoms with E-state index >= 15 is 0 Å². The van der Waals surface area contributed by atoms with Crippen LogP contribution in [0.2, 0.25) is 0 Å². The molecule has 4 heteroatoms. The maximum Gasteiger partial charge on any atom is 0.362 e. The first-order valence-corrected chi connectivity index (χ1v) is 11.3. The summed E-state index contributed by atoms with van der Waals surface area (Å²) in [6.45, 7) is 1.86. The Kier molecular flexibility index (Phi) is 6.86. The van der Waals surface area contributed by atoms with Gasteiger partial charge < -0.3 is 9.47 Å². The monoisotopic (exact) mass is 392 g/mol. The van der Waals surface area contributed by atoms with Gasteiger partial charge in [0.1, 0.15) is 0 Å². The quantitative estimate of drug-likeness (QED) is 0.454. The van der Waals surface area contributed by atoms with Crippen molar-refractivity contribution in [3.63, 3.8) is 0 Å². The molecule has 0 aliphatic heterocycles. The van der Waals surface area contributed by atoms with E-state index in [9.17, 15) is 4.79 Å². The predicted octanol–water partition coefficient (Wildman–Crippen LogP) is 3.71. The van der Waals surface area contributed by atoms with E-state index in [1.807, 2.05) is 68.4 Å². The van der Waals surface area contributed by atoms with Crippen molar-refractivity contribution in [2.45, 2.75) is 13.8 Å². The van der Waals surface area contributed by atoms with Crippen molar-refractivity contribution in [1.82, 2.24) is 0 Å². The smallest absolute Gasteiger partial charge is 0.362 e. The minimum atomic E-state index is -2.55. The van der Waals surface area contributed by atoms with Gasteiger partial charge in [-0.15, -0.1) is 0 Å². The second kappa shape index (κ2) is 9.54. The summed E-state index contributed by atoms with van der Waals surface area (Å²) in [7, 11) is 0. The third kappa shape index (κ3) is 3.82. The highest BCUT2D eigenvalue weighted by atomic mass is 31.2. The second-order valence-electron chi connectivity index (χ2n) is 6.14. The molecular weight excluding hydrogens is 367 g/mol. The zero-order valence-corrected chi connectivity index (χ0v) is 17.1. The first-order chi connectivity index (χ1) is 13.7. The van der Waals surface area contributed by atoms with Gasteiger partial charge in [-0.3, -0.25) is 0 Å². The van der Waals surface area contributed by atoms with Gasteiger partial charge in [-0.2, -0.15) is 0 Å². The Balaban J connectivity index is 2.54. The standard InChI is InChI=1S/C24H25O3P/c1-3-26-23(25)24(27-4-2)28(20-14-8-5-9-15-20,21-16-10-6-11-17-21)22-18-12-7-13-19-22/h5-19H,3-4H2,1-2H3. The molecule has 0 bridgehead atoms. The average Bonchev–Trinajstić information content (AvgIpc) is 2.76. The Morgan fingerprint density at radius 3 is 1.32 bits per heavy atom. The van der Waals surface area contributed by atoms with E-state index in [0.717, 1.165) is 15.9 Å². The fraction of sp³-hybridized carbons (Fsp3) is 0.167. The molecule has 3 nitrogen and oxygen atoms in total. The van der Waals surface area contributed by atoms with Gasteiger partial charge in [-0.25, -0.2) is 4.79 Å². The topological polar surface area (TPSA) is 35.5 Å². The van der Waals surface area contributed by atoms with Crippen LogP contribution < -0.4 is 15.9 Å². The van der Waals surface area contributed by atoms with Crippen LogP contribution in [0.1, 0.15) is 13.8 Å². The molecule has 3 aromatic rings. The SMILES string of the molecule is CCOC(=O)C(OCC)=P(c1ccccc1)(c1ccccc1)c1ccccc1. The Hall–Kier alpha value is -2.61. The summed E-state index contributed by atoms with van der Waals surface area (Å²) in [6, 6.07) is 30.4. The fourth-order valence-corrected chi connectivity index (χ4v) is 7.49. The van der Waals surface area contributed by atoms with Gasteiger partial charge in [0.05, 0.1) is 13.2 Å². The van der Waals surface area contributed by atoms with Crippen molar-refractivity contribution in [2.24, 2.45) is 0 Å². The molecule has 0 amide bonds. The van der Waals surface area contributed by atoms with Crippen molar-refractivity contribution in [1.29, 1.82) is 0 Å². The maximum absolute atomic E-state index is 13.1. The number of ether oxygens (including phenoxy) is 2. The number of esters is 1. The van der Waals surface area contributed by atoms with E-state index in [-0.39, 0.29) is 0 Å². The van der Waals surface area contributed by atoms with Gasteiger partial charge in [-0.05, 0) is 29.8 Å². The molecule has 3 aromatic carbocycles. The summed E-state index contributed by atoms with van der Waals surface area (Å²) >= 11 is 0. The van der Waals surface area contributed by atoms with Crippen LogP contribution in [0.5, 0.6) is 0 Å². The molecule has 0 aliphatic rings. The Labute approximate surface area is 166 Å². The van der Waals surface area contributed by atoms with E-state index in [1.54, 1.807) is 0 Å². The molecule has 0 heterocycles. The third-order valence-corrected chi connectivity index (χ3v) is 8.61. The molecule has 0 unspecified atom stereocenters. The van der Waals surface area contributed by atoms with Gasteiger partial charge in [0.25, 0.3) is 0 Å². The van der Waals surface area contributed by atoms with Crippen LogP contribution in [-0.4, -0.2) is 24.7 Å². The summed E-state index contributed by atoms with van der Waals surface area (Å²) in [5.41, 5.74) is 0.389. The largest absolute Gasteiger partial charge is 0.461 e. The van der Waals surface area contributed by atoms with Gasteiger partial charge in [0.15, 0.2) is 5.48 Å². The molecule has 0 saturated carbocycles. The van der Waals surface area contributed by atoms with Crippen LogP contribution >= 0.6 is 6.89 Å². The van der Waals surface area contributed by atoms with Crippen molar-refractivity contribution in [2.75, 3.05) is 13.2 Å². The summed E-state index contributed by atoms with van der Waals surface area (Å²) in [5, 5.41) is 3.18. The molecule has 0 N–H and O–H groups in total. The molecule has 3 rings (SSSR count). The highest BCUT2D eigenvalue weighted by Gasteiger charge is 2.34. The lowest BCUT2D eigenvalue weighted by molar-refractivity contribution is -0.136. The number of hydrogen-bond acceptors (Lipinski definition) is 3. The van der Waals surface area contributed by atoms with Crippen LogP contribution in [0.25, 0.3) is 0 Å². The normalized spacial score (nSPS) is 11.1. The van der Waals surface area contributed by atoms with E-state index in [4.69, 9.17) is 9.47 Å². The molecule has 144 valence electrons. The van der Waals surface area contributed by atoms with Crippen molar-refractivity contribution < 1.29 is 14.3 Å². The van der Waals surface area contributed by atoms with Crippen LogP contribution in [-0.2, 0) is 14.3 Å². The van der Waals surface area contributed by atoms with E-state index < -0.39 is 12.9 Å². The summed E-state index contributed by atoms with van der Waals surface area (Å²) in [6.07, 6.45) is 0. The van der Waals surface area contributed by atoms with Crippen molar-refractivity contribution in [3.8, 4) is 0 Å². The lowest BCUT2D eigenvalue weighted by atomic mass is 10.4. The van der Waals surface area contributed by atoms with Crippen LogP contribution in [0.15, 0.2) is 91.0 Å². The number of rotatable bonds is 7. The summed E-state index contributed by atoms with van der Waals surface area (Å²) in [5.74, 6) is -0.394. The minimum absolute atomic E-state index is 0.299. The van der Waals surface area contributed by atoms with Crippen LogP contribution in [0, 0.1) is 0 Å². The van der Waals surface area contributed by atoms with Crippen molar-refractivity contribution >= 4 is 34.2 Å². The fourth-order valence-electron chi connectivity index (χ4n) is 3.38. The molecule has 0 aliphatic carbocycles. The molecule has 0 spiro atoms. The first-order valence-electron chi connectivity index (χ1n) is 9.48. The molecule has 28 heavy (non-hydrogen) atoms. The number of carbonyl (C=O) groups excluding carboxylic acids is 1. The average molecular weight is 392 g/mol. The molecule has 0 atom stereocenters.